The number of hydrogen-bond acceptors (Lipinski definition) is 5. The second kappa shape index (κ2) is 9.99. The van der Waals surface area contributed by atoms with Crippen LogP contribution in [-0.4, -0.2) is 60.0 Å². The first kappa shape index (κ1) is 20.0. The van der Waals surface area contributed by atoms with E-state index in [0.717, 1.165) is 44.2 Å². The highest BCUT2D eigenvalue weighted by atomic mass is 16.1. The molecule has 1 aliphatic heterocycles. The molecule has 1 amide bonds. The Kier molecular flexibility index (Phi) is 7.14. The van der Waals surface area contributed by atoms with Crippen molar-refractivity contribution in [2.75, 3.05) is 44.2 Å². The predicted molar refractivity (Wildman–Crippen MR) is 113 cm³/mol. The number of piperazine rings is 1. The Morgan fingerprint density at radius 1 is 1.11 bits per heavy atom. The summed E-state index contributed by atoms with van der Waals surface area (Å²) in [4.78, 5) is 25.2. The van der Waals surface area contributed by atoms with Gasteiger partial charge >= 0.3 is 0 Å². The summed E-state index contributed by atoms with van der Waals surface area (Å²) < 4.78 is 0. The van der Waals surface area contributed by atoms with E-state index in [0.29, 0.717) is 12.5 Å². The van der Waals surface area contributed by atoms with Crippen LogP contribution in [0.5, 0.6) is 0 Å². The molecule has 1 fully saturated rings. The number of amides is 1. The number of carbonyl (C=O) groups is 1. The first-order chi connectivity index (χ1) is 13.6. The summed E-state index contributed by atoms with van der Waals surface area (Å²) in [6.45, 7) is 9.57. The Balaban J connectivity index is 1.35. The topological polar surface area (TPSA) is 61.4 Å². The molecule has 148 valence electrons. The van der Waals surface area contributed by atoms with Crippen LogP contribution < -0.4 is 10.2 Å². The van der Waals surface area contributed by atoms with Crippen LogP contribution in [0.25, 0.3) is 6.08 Å². The second-order valence-electron chi connectivity index (χ2n) is 7.32. The summed E-state index contributed by atoms with van der Waals surface area (Å²) in [5.41, 5.74) is 2.35. The summed E-state index contributed by atoms with van der Waals surface area (Å²) in [5, 5.41) is 2.97. The van der Waals surface area contributed by atoms with E-state index in [1.54, 1.807) is 18.5 Å². The van der Waals surface area contributed by atoms with Crippen molar-refractivity contribution < 1.29 is 4.79 Å². The summed E-state index contributed by atoms with van der Waals surface area (Å²) in [6.07, 6.45) is 7.01. The number of rotatable bonds is 7. The second-order valence-corrected chi connectivity index (χ2v) is 7.32. The molecule has 0 unspecified atom stereocenters. The number of anilines is 1. The van der Waals surface area contributed by atoms with E-state index >= 15 is 0 Å². The van der Waals surface area contributed by atoms with Gasteiger partial charge in [0.25, 0.3) is 0 Å². The van der Waals surface area contributed by atoms with E-state index in [1.807, 2.05) is 12.1 Å². The van der Waals surface area contributed by atoms with Crippen LogP contribution in [0, 0.1) is 0 Å². The minimum Gasteiger partial charge on any atom is -0.351 e. The normalized spacial score (nSPS) is 15.3. The van der Waals surface area contributed by atoms with E-state index in [-0.39, 0.29) is 5.91 Å². The van der Waals surface area contributed by atoms with Crippen LogP contribution >= 0.6 is 0 Å². The van der Waals surface area contributed by atoms with Crippen molar-refractivity contribution in [3.05, 3.63) is 59.9 Å². The lowest BCUT2D eigenvalue weighted by atomic mass is 10.0. The summed E-state index contributed by atoms with van der Waals surface area (Å²) >= 11 is 0. The maximum Gasteiger partial charge on any atom is 0.244 e. The first-order valence-corrected chi connectivity index (χ1v) is 9.92. The maximum atomic E-state index is 12.0. The summed E-state index contributed by atoms with van der Waals surface area (Å²) in [6, 6.07) is 10.2. The van der Waals surface area contributed by atoms with Gasteiger partial charge in [-0.15, -0.1) is 0 Å². The summed E-state index contributed by atoms with van der Waals surface area (Å²) in [5.74, 6) is 1.26. The molecule has 6 heteroatoms. The van der Waals surface area contributed by atoms with Crippen molar-refractivity contribution >= 4 is 17.9 Å². The average Bonchev–Trinajstić information content (AvgIpc) is 2.74. The molecule has 0 bridgehead atoms. The minimum atomic E-state index is -0.0516. The third kappa shape index (κ3) is 5.89. The van der Waals surface area contributed by atoms with Gasteiger partial charge < -0.3 is 10.2 Å². The first-order valence-electron chi connectivity index (χ1n) is 9.92. The van der Waals surface area contributed by atoms with Crippen molar-refractivity contribution in [3.8, 4) is 0 Å². The number of nitrogens with zero attached hydrogens (tertiary/aromatic N) is 4. The fourth-order valence-electron chi connectivity index (χ4n) is 3.19. The molecule has 1 saturated heterocycles. The lowest BCUT2D eigenvalue weighted by Gasteiger charge is -2.34. The van der Waals surface area contributed by atoms with Gasteiger partial charge in [0.1, 0.15) is 0 Å². The number of benzene rings is 1. The zero-order valence-corrected chi connectivity index (χ0v) is 16.7. The Morgan fingerprint density at radius 2 is 1.79 bits per heavy atom. The zero-order valence-electron chi connectivity index (χ0n) is 16.7. The molecule has 2 aromatic rings. The third-order valence-electron chi connectivity index (χ3n) is 4.96. The Bertz CT molecular complexity index is 765. The highest BCUT2D eigenvalue weighted by Gasteiger charge is 2.18. The average molecular weight is 380 g/mol. The van der Waals surface area contributed by atoms with Gasteiger partial charge in [-0.1, -0.05) is 38.1 Å². The highest BCUT2D eigenvalue weighted by Crippen LogP contribution is 2.15. The number of aromatic nitrogens is 2. The molecular formula is C22H29N5O. The van der Waals surface area contributed by atoms with Gasteiger partial charge in [-0.05, 0) is 29.2 Å². The largest absolute Gasteiger partial charge is 0.351 e. The molecule has 28 heavy (non-hydrogen) atoms. The molecule has 1 aromatic heterocycles. The molecule has 1 aromatic carbocycles. The van der Waals surface area contributed by atoms with Crippen LogP contribution in [0.15, 0.2) is 48.8 Å². The molecule has 3 rings (SSSR count). The lowest BCUT2D eigenvalue weighted by molar-refractivity contribution is -0.116. The fraction of sp³-hybridized carbons (Fsp3) is 0.409. The van der Waals surface area contributed by atoms with Gasteiger partial charge in [0.15, 0.2) is 0 Å². The lowest BCUT2D eigenvalue weighted by Crippen LogP contribution is -2.48. The van der Waals surface area contributed by atoms with Gasteiger partial charge in [0.2, 0.25) is 11.9 Å². The zero-order chi connectivity index (χ0) is 19.8. The standard InChI is InChI=1S/C22H29N5O/c1-18(2)20-7-4-19(5-8-20)6-9-21(28)23-12-13-26-14-16-27(17-15-26)22-24-10-3-11-25-22/h3-11,18H,12-17H2,1-2H3,(H,23,28)/b9-6+. The predicted octanol–water partition coefficient (Wildman–Crippen LogP) is 2.55. The van der Waals surface area contributed by atoms with Gasteiger partial charge in [-0.2, -0.15) is 0 Å². The van der Waals surface area contributed by atoms with Crippen molar-refractivity contribution in [1.29, 1.82) is 0 Å². The molecule has 0 radical (unpaired) electrons. The fourth-order valence-corrected chi connectivity index (χ4v) is 3.19. The van der Waals surface area contributed by atoms with Crippen molar-refractivity contribution in [1.82, 2.24) is 20.2 Å². The van der Waals surface area contributed by atoms with Gasteiger partial charge in [0, 0.05) is 57.7 Å². The SMILES string of the molecule is CC(C)c1ccc(/C=C/C(=O)NCCN2CCN(c3ncccn3)CC2)cc1. The Labute approximate surface area is 167 Å². The van der Waals surface area contributed by atoms with Crippen LogP contribution in [0.4, 0.5) is 5.95 Å². The molecular weight excluding hydrogens is 350 g/mol. The van der Waals surface area contributed by atoms with E-state index < -0.39 is 0 Å². The van der Waals surface area contributed by atoms with E-state index in [9.17, 15) is 4.79 Å². The number of hydrogen-bond donors (Lipinski definition) is 1. The van der Waals surface area contributed by atoms with Gasteiger partial charge in [-0.25, -0.2) is 9.97 Å². The monoisotopic (exact) mass is 379 g/mol. The molecule has 0 spiro atoms. The minimum absolute atomic E-state index is 0.0516. The maximum absolute atomic E-state index is 12.0. The quantitative estimate of drug-likeness (QED) is 0.749. The Morgan fingerprint density at radius 3 is 2.43 bits per heavy atom. The van der Waals surface area contributed by atoms with E-state index in [1.165, 1.54) is 5.56 Å². The third-order valence-corrected chi connectivity index (χ3v) is 4.96. The van der Waals surface area contributed by atoms with Crippen molar-refractivity contribution in [3.63, 3.8) is 0 Å². The number of carbonyl (C=O) groups excluding carboxylic acids is 1. The molecule has 1 N–H and O–H groups in total. The molecule has 0 atom stereocenters. The van der Waals surface area contributed by atoms with Gasteiger partial charge in [0.05, 0.1) is 0 Å². The molecule has 2 heterocycles. The van der Waals surface area contributed by atoms with Crippen LogP contribution in [0.2, 0.25) is 0 Å². The summed E-state index contributed by atoms with van der Waals surface area (Å²) in [7, 11) is 0. The van der Waals surface area contributed by atoms with Gasteiger partial charge in [-0.3, -0.25) is 9.69 Å². The smallest absolute Gasteiger partial charge is 0.244 e. The Hall–Kier alpha value is -2.73. The van der Waals surface area contributed by atoms with E-state index in [4.69, 9.17) is 0 Å². The molecule has 0 aliphatic carbocycles. The van der Waals surface area contributed by atoms with E-state index in [2.05, 4.69) is 63.2 Å². The van der Waals surface area contributed by atoms with Crippen molar-refractivity contribution in [2.24, 2.45) is 0 Å². The number of nitrogens with one attached hydrogen (secondary N) is 1. The van der Waals surface area contributed by atoms with Crippen LogP contribution in [-0.2, 0) is 4.79 Å². The molecule has 6 nitrogen and oxygen atoms in total. The van der Waals surface area contributed by atoms with Crippen LogP contribution in [0.3, 0.4) is 0 Å². The highest BCUT2D eigenvalue weighted by molar-refractivity contribution is 5.91. The van der Waals surface area contributed by atoms with Crippen LogP contribution in [0.1, 0.15) is 30.9 Å². The molecule has 1 aliphatic rings. The van der Waals surface area contributed by atoms with Crippen molar-refractivity contribution in [2.45, 2.75) is 19.8 Å². The molecule has 0 saturated carbocycles.